The molecule has 0 atom stereocenters. The normalized spacial score (nSPS) is 9.57. The van der Waals surface area contributed by atoms with E-state index in [1.807, 2.05) is 31.2 Å². The summed E-state index contributed by atoms with van der Waals surface area (Å²) in [6.07, 6.45) is 0. The first-order valence-corrected chi connectivity index (χ1v) is 4.38. The molecule has 4 heteroatoms. The Kier molecular flexibility index (Phi) is 3.94. The smallest absolute Gasteiger partial charge is 0.271 e. The number of hydrogen-bond acceptors (Lipinski definition) is 3. The van der Waals surface area contributed by atoms with Gasteiger partial charge in [-0.3, -0.25) is 10.2 Å². The van der Waals surface area contributed by atoms with Crippen LogP contribution in [-0.2, 0) is 4.79 Å². The Hall–Kier alpha value is -1.55. The lowest BCUT2D eigenvalue weighted by Crippen LogP contribution is -2.37. The first-order chi connectivity index (χ1) is 6.74. The second kappa shape index (κ2) is 5.24. The molecule has 0 bridgehead atoms. The predicted molar refractivity (Wildman–Crippen MR) is 53.9 cm³/mol. The van der Waals surface area contributed by atoms with Gasteiger partial charge < -0.3 is 4.74 Å². The Labute approximate surface area is 83.2 Å². The minimum Gasteiger partial charge on any atom is -0.483 e. The Morgan fingerprint density at radius 3 is 2.79 bits per heavy atom. The average molecular weight is 194 g/mol. The highest BCUT2D eigenvalue weighted by molar-refractivity contribution is 5.76. The lowest BCUT2D eigenvalue weighted by molar-refractivity contribution is -0.123. The summed E-state index contributed by atoms with van der Waals surface area (Å²) in [6.45, 7) is 1.96. The Morgan fingerprint density at radius 1 is 1.43 bits per heavy atom. The van der Waals surface area contributed by atoms with E-state index in [0.29, 0.717) is 0 Å². The molecule has 1 rings (SSSR count). The molecule has 0 fully saturated rings. The molecular formula is C10H14N2O2. The molecule has 0 aromatic heterocycles. The van der Waals surface area contributed by atoms with Crippen LogP contribution in [-0.4, -0.2) is 19.6 Å². The molecule has 0 saturated heterocycles. The molecule has 0 heterocycles. The molecule has 0 radical (unpaired) electrons. The predicted octanol–water partition coefficient (Wildman–Crippen LogP) is 0.624. The third-order valence-corrected chi connectivity index (χ3v) is 1.72. The van der Waals surface area contributed by atoms with E-state index in [1.54, 1.807) is 7.05 Å². The molecule has 0 unspecified atom stereocenters. The molecule has 1 aromatic carbocycles. The number of amides is 1. The maximum absolute atomic E-state index is 11.0. The van der Waals surface area contributed by atoms with Gasteiger partial charge in [-0.05, 0) is 18.6 Å². The number of ether oxygens (including phenoxy) is 1. The van der Waals surface area contributed by atoms with Crippen molar-refractivity contribution in [2.75, 3.05) is 13.7 Å². The number of rotatable bonds is 4. The summed E-state index contributed by atoms with van der Waals surface area (Å²) < 4.78 is 5.30. The summed E-state index contributed by atoms with van der Waals surface area (Å²) >= 11 is 0. The maximum Gasteiger partial charge on any atom is 0.271 e. The molecule has 0 aliphatic heterocycles. The third-order valence-electron chi connectivity index (χ3n) is 1.72. The van der Waals surface area contributed by atoms with Crippen LogP contribution in [0, 0.1) is 6.92 Å². The third kappa shape index (κ3) is 3.06. The summed E-state index contributed by atoms with van der Waals surface area (Å²) in [5, 5.41) is 0. The molecule has 76 valence electrons. The maximum atomic E-state index is 11.0. The van der Waals surface area contributed by atoms with Crippen molar-refractivity contribution in [1.29, 1.82) is 0 Å². The van der Waals surface area contributed by atoms with Gasteiger partial charge in [0.15, 0.2) is 6.61 Å². The number of nitrogens with one attached hydrogen (secondary N) is 2. The van der Waals surface area contributed by atoms with Crippen LogP contribution in [0.15, 0.2) is 24.3 Å². The van der Waals surface area contributed by atoms with Crippen LogP contribution in [0.3, 0.4) is 0 Å². The van der Waals surface area contributed by atoms with Gasteiger partial charge in [-0.25, -0.2) is 5.43 Å². The second-order valence-corrected chi connectivity index (χ2v) is 2.85. The molecule has 14 heavy (non-hydrogen) atoms. The molecule has 4 nitrogen and oxygen atoms in total. The van der Waals surface area contributed by atoms with Gasteiger partial charge in [0, 0.05) is 7.05 Å². The Bertz CT molecular complexity index is 313. The van der Waals surface area contributed by atoms with Gasteiger partial charge in [-0.2, -0.15) is 0 Å². The fourth-order valence-corrected chi connectivity index (χ4v) is 1.04. The van der Waals surface area contributed by atoms with E-state index in [9.17, 15) is 4.79 Å². The number of para-hydroxylation sites is 1. The summed E-state index contributed by atoms with van der Waals surface area (Å²) in [7, 11) is 1.63. The summed E-state index contributed by atoms with van der Waals surface area (Å²) in [6, 6.07) is 7.57. The molecule has 1 amide bonds. The molecule has 0 spiro atoms. The van der Waals surface area contributed by atoms with Gasteiger partial charge in [0.25, 0.3) is 5.91 Å². The van der Waals surface area contributed by atoms with Crippen LogP contribution in [0.2, 0.25) is 0 Å². The van der Waals surface area contributed by atoms with Crippen molar-refractivity contribution in [2.45, 2.75) is 6.92 Å². The topological polar surface area (TPSA) is 50.4 Å². The monoisotopic (exact) mass is 194 g/mol. The van der Waals surface area contributed by atoms with Gasteiger partial charge in [0.2, 0.25) is 0 Å². The van der Waals surface area contributed by atoms with Crippen molar-refractivity contribution >= 4 is 5.91 Å². The number of hydrazine groups is 1. The van der Waals surface area contributed by atoms with Crippen molar-refractivity contribution in [3.63, 3.8) is 0 Å². The first kappa shape index (κ1) is 10.5. The lowest BCUT2D eigenvalue weighted by Gasteiger charge is -2.08. The van der Waals surface area contributed by atoms with Gasteiger partial charge in [-0.15, -0.1) is 0 Å². The van der Waals surface area contributed by atoms with Crippen LogP contribution >= 0.6 is 0 Å². The van der Waals surface area contributed by atoms with E-state index in [-0.39, 0.29) is 12.5 Å². The van der Waals surface area contributed by atoms with Crippen LogP contribution < -0.4 is 15.6 Å². The zero-order chi connectivity index (χ0) is 10.4. The van der Waals surface area contributed by atoms with Crippen molar-refractivity contribution in [3.8, 4) is 5.75 Å². The van der Waals surface area contributed by atoms with Gasteiger partial charge >= 0.3 is 0 Å². The molecule has 2 N–H and O–H groups in total. The van der Waals surface area contributed by atoms with Crippen molar-refractivity contribution in [3.05, 3.63) is 29.8 Å². The minimum absolute atomic E-state index is 0.0195. The van der Waals surface area contributed by atoms with Gasteiger partial charge in [0.1, 0.15) is 5.75 Å². The quantitative estimate of drug-likeness (QED) is 0.691. The highest BCUT2D eigenvalue weighted by atomic mass is 16.5. The van der Waals surface area contributed by atoms with Crippen molar-refractivity contribution in [1.82, 2.24) is 10.9 Å². The van der Waals surface area contributed by atoms with E-state index in [2.05, 4.69) is 10.9 Å². The average Bonchev–Trinajstić information content (AvgIpc) is 2.17. The number of benzene rings is 1. The highest BCUT2D eigenvalue weighted by Crippen LogP contribution is 2.15. The first-order valence-electron chi connectivity index (χ1n) is 4.38. The zero-order valence-electron chi connectivity index (χ0n) is 8.33. The van der Waals surface area contributed by atoms with Crippen molar-refractivity contribution in [2.24, 2.45) is 0 Å². The Balaban J connectivity index is 2.46. The lowest BCUT2D eigenvalue weighted by atomic mass is 10.2. The van der Waals surface area contributed by atoms with Gasteiger partial charge in [-0.1, -0.05) is 18.2 Å². The number of hydrogen-bond donors (Lipinski definition) is 2. The van der Waals surface area contributed by atoms with Crippen LogP contribution in [0.5, 0.6) is 5.75 Å². The number of carbonyl (C=O) groups excluding carboxylic acids is 1. The standard InChI is InChI=1S/C10H14N2O2/c1-8-5-3-4-6-9(8)14-7-10(13)12-11-2/h3-6,11H,7H2,1-2H3,(H,12,13). The zero-order valence-corrected chi connectivity index (χ0v) is 8.33. The molecular weight excluding hydrogens is 180 g/mol. The minimum atomic E-state index is -0.198. The second-order valence-electron chi connectivity index (χ2n) is 2.85. The molecule has 0 aliphatic rings. The van der Waals surface area contributed by atoms with E-state index in [0.717, 1.165) is 11.3 Å². The summed E-state index contributed by atoms with van der Waals surface area (Å²) in [4.78, 5) is 11.0. The number of aryl methyl sites for hydroxylation is 1. The largest absolute Gasteiger partial charge is 0.483 e. The summed E-state index contributed by atoms with van der Waals surface area (Å²) in [5.74, 6) is 0.537. The van der Waals surface area contributed by atoms with E-state index in [1.165, 1.54) is 0 Å². The van der Waals surface area contributed by atoms with E-state index < -0.39 is 0 Å². The fourth-order valence-electron chi connectivity index (χ4n) is 1.04. The number of carbonyl (C=O) groups is 1. The molecule has 1 aromatic rings. The highest BCUT2D eigenvalue weighted by Gasteiger charge is 2.02. The van der Waals surface area contributed by atoms with Crippen LogP contribution in [0.25, 0.3) is 0 Å². The summed E-state index contributed by atoms with van der Waals surface area (Å²) in [5.41, 5.74) is 5.98. The van der Waals surface area contributed by atoms with E-state index >= 15 is 0 Å². The SMILES string of the molecule is CNNC(=O)COc1ccccc1C. The van der Waals surface area contributed by atoms with Crippen LogP contribution in [0.1, 0.15) is 5.56 Å². The fraction of sp³-hybridized carbons (Fsp3) is 0.300. The Morgan fingerprint density at radius 2 is 2.14 bits per heavy atom. The van der Waals surface area contributed by atoms with Crippen molar-refractivity contribution < 1.29 is 9.53 Å². The van der Waals surface area contributed by atoms with Crippen LogP contribution in [0.4, 0.5) is 0 Å². The molecule has 0 aliphatic carbocycles. The molecule has 0 saturated carbocycles. The van der Waals surface area contributed by atoms with Gasteiger partial charge in [0.05, 0.1) is 0 Å². The van der Waals surface area contributed by atoms with E-state index in [4.69, 9.17) is 4.74 Å².